The number of benzene rings is 1. The van der Waals surface area contributed by atoms with E-state index in [0.29, 0.717) is 5.92 Å². The summed E-state index contributed by atoms with van der Waals surface area (Å²) in [5.41, 5.74) is 2.58. The van der Waals surface area contributed by atoms with E-state index < -0.39 is 0 Å². The van der Waals surface area contributed by atoms with E-state index in [9.17, 15) is 0 Å². The SMILES string of the molecule is Cc1cccc(Cc2nc(C3CC3)n[nH]2)c1. The van der Waals surface area contributed by atoms with E-state index in [1.807, 2.05) is 0 Å². The zero-order valence-electron chi connectivity index (χ0n) is 9.40. The lowest BCUT2D eigenvalue weighted by molar-refractivity contribution is 0.932. The molecule has 16 heavy (non-hydrogen) atoms. The maximum atomic E-state index is 4.53. The van der Waals surface area contributed by atoms with Gasteiger partial charge in [-0.05, 0) is 25.3 Å². The van der Waals surface area contributed by atoms with Crippen LogP contribution in [0, 0.1) is 6.92 Å². The molecule has 0 bridgehead atoms. The Hall–Kier alpha value is -1.64. The van der Waals surface area contributed by atoms with Crippen LogP contribution in [0.1, 0.15) is 41.5 Å². The summed E-state index contributed by atoms with van der Waals surface area (Å²) < 4.78 is 0. The highest BCUT2D eigenvalue weighted by atomic mass is 15.2. The summed E-state index contributed by atoms with van der Waals surface area (Å²) in [6.45, 7) is 2.11. The third-order valence-corrected chi connectivity index (χ3v) is 2.95. The standard InChI is InChI=1S/C13H15N3/c1-9-3-2-4-10(7-9)8-12-14-13(16-15-12)11-5-6-11/h2-4,7,11H,5-6,8H2,1H3,(H,14,15,16). The van der Waals surface area contributed by atoms with Crippen LogP contribution < -0.4 is 0 Å². The Morgan fingerprint density at radius 3 is 3.00 bits per heavy atom. The molecule has 3 nitrogen and oxygen atoms in total. The number of nitrogens with one attached hydrogen (secondary N) is 1. The zero-order chi connectivity index (χ0) is 11.0. The first-order valence-corrected chi connectivity index (χ1v) is 5.78. The van der Waals surface area contributed by atoms with Crippen molar-refractivity contribution >= 4 is 0 Å². The maximum absolute atomic E-state index is 4.53. The Balaban J connectivity index is 1.77. The third kappa shape index (κ3) is 1.98. The van der Waals surface area contributed by atoms with E-state index >= 15 is 0 Å². The summed E-state index contributed by atoms with van der Waals surface area (Å²) in [7, 11) is 0. The molecule has 0 aliphatic heterocycles. The van der Waals surface area contributed by atoms with Gasteiger partial charge in [-0.15, -0.1) is 0 Å². The van der Waals surface area contributed by atoms with E-state index in [-0.39, 0.29) is 0 Å². The van der Waals surface area contributed by atoms with Crippen molar-refractivity contribution in [3.63, 3.8) is 0 Å². The lowest BCUT2D eigenvalue weighted by Crippen LogP contribution is -1.91. The van der Waals surface area contributed by atoms with Gasteiger partial charge in [0.15, 0.2) is 5.82 Å². The molecule has 1 heterocycles. The predicted octanol–water partition coefficient (Wildman–Crippen LogP) is 2.58. The molecule has 0 atom stereocenters. The topological polar surface area (TPSA) is 41.6 Å². The number of aromatic nitrogens is 3. The molecule has 2 aromatic rings. The number of H-pyrrole nitrogens is 1. The van der Waals surface area contributed by atoms with Crippen LogP contribution in [0.15, 0.2) is 24.3 Å². The van der Waals surface area contributed by atoms with Crippen LogP contribution in [0.25, 0.3) is 0 Å². The molecule has 1 aromatic carbocycles. The molecule has 3 rings (SSSR count). The summed E-state index contributed by atoms with van der Waals surface area (Å²) in [6.07, 6.45) is 3.35. The summed E-state index contributed by atoms with van der Waals surface area (Å²) in [6, 6.07) is 8.52. The number of aromatic amines is 1. The second-order valence-corrected chi connectivity index (χ2v) is 4.58. The zero-order valence-corrected chi connectivity index (χ0v) is 9.40. The molecular weight excluding hydrogens is 198 g/mol. The highest BCUT2D eigenvalue weighted by Crippen LogP contribution is 2.37. The van der Waals surface area contributed by atoms with E-state index in [2.05, 4.69) is 46.4 Å². The highest BCUT2D eigenvalue weighted by Gasteiger charge is 2.27. The van der Waals surface area contributed by atoms with Gasteiger partial charge in [-0.3, -0.25) is 5.10 Å². The van der Waals surface area contributed by atoms with Crippen molar-refractivity contribution in [3.05, 3.63) is 47.0 Å². The van der Waals surface area contributed by atoms with E-state index in [1.165, 1.54) is 24.0 Å². The fourth-order valence-electron chi connectivity index (χ4n) is 1.93. The Labute approximate surface area is 94.9 Å². The molecule has 3 heteroatoms. The first kappa shape index (κ1) is 9.58. The first-order chi connectivity index (χ1) is 7.81. The lowest BCUT2D eigenvalue weighted by Gasteiger charge is -1.98. The fourth-order valence-corrected chi connectivity index (χ4v) is 1.93. The van der Waals surface area contributed by atoms with Gasteiger partial charge in [-0.2, -0.15) is 5.10 Å². The summed E-state index contributed by atoms with van der Waals surface area (Å²) in [5.74, 6) is 2.61. The van der Waals surface area contributed by atoms with Crippen LogP contribution in [-0.4, -0.2) is 15.2 Å². The molecule has 1 aliphatic carbocycles. The molecule has 1 N–H and O–H groups in total. The normalized spacial score (nSPS) is 15.3. The minimum absolute atomic E-state index is 0.627. The molecule has 1 saturated carbocycles. The van der Waals surface area contributed by atoms with Crippen molar-refractivity contribution in [2.75, 3.05) is 0 Å². The fraction of sp³-hybridized carbons (Fsp3) is 0.385. The Bertz CT molecular complexity index is 497. The van der Waals surface area contributed by atoms with Crippen molar-refractivity contribution in [1.29, 1.82) is 0 Å². The maximum Gasteiger partial charge on any atom is 0.153 e. The monoisotopic (exact) mass is 213 g/mol. The van der Waals surface area contributed by atoms with Crippen LogP contribution in [0.2, 0.25) is 0 Å². The molecule has 1 aliphatic rings. The van der Waals surface area contributed by atoms with Gasteiger partial charge in [0.25, 0.3) is 0 Å². The smallest absolute Gasteiger partial charge is 0.153 e. The second-order valence-electron chi connectivity index (χ2n) is 4.58. The molecule has 0 amide bonds. The van der Waals surface area contributed by atoms with Crippen molar-refractivity contribution in [2.45, 2.75) is 32.1 Å². The Kier molecular flexibility index (Phi) is 2.24. The van der Waals surface area contributed by atoms with Gasteiger partial charge in [0, 0.05) is 12.3 Å². The molecule has 0 spiro atoms. The van der Waals surface area contributed by atoms with Crippen molar-refractivity contribution in [2.24, 2.45) is 0 Å². The minimum atomic E-state index is 0.627. The third-order valence-electron chi connectivity index (χ3n) is 2.95. The molecular formula is C13H15N3. The Morgan fingerprint density at radius 1 is 1.38 bits per heavy atom. The average Bonchev–Trinajstić information content (AvgIpc) is 3.01. The van der Waals surface area contributed by atoms with Gasteiger partial charge in [0.1, 0.15) is 5.82 Å². The number of aryl methyl sites for hydroxylation is 1. The molecule has 0 radical (unpaired) electrons. The van der Waals surface area contributed by atoms with Gasteiger partial charge in [-0.1, -0.05) is 29.8 Å². The molecule has 0 unspecified atom stereocenters. The highest BCUT2D eigenvalue weighted by molar-refractivity contribution is 5.24. The summed E-state index contributed by atoms with van der Waals surface area (Å²) in [4.78, 5) is 4.53. The van der Waals surface area contributed by atoms with Crippen molar-refractivity contribution in [3.8, 4) is 0 Å². The summed E-state index contributed by atoms with van der Waals surface area (Å²) in [5, 5.41) is 7.29. The molecule has 1 fully saturated rings. The second kappa shape index (κ2) is 3.74. The number of hydrogen-bond donors (Lipinski definition) is 1. The first-order valence-electron chi connectivity index (χ1n) is 5.78. The van der Waals surface area contributed by atoms with E-state index in [1.54, 1.807) is 0 Å². The predicted molar refractivity (Wildman–Crippen MR) is 62.3 cm³/mol. The quantitative estimate of drug-likeness (QED) is 0.851. The van der Waals surface area contributed by atoms with Gasteiger partial charge in [-0.25, -0.2) is 4.98 Å². The van der Waals surface area contributed by atoms with Crippen LogP contribution in [-0.2, 0) is 6.42 Å². The molecule has 0 saturated heterocycles. The van der Waals surface area contributed by atoms with Crippen molar-refractivity contribution in [1.82, 2.24) is 15.2 Å². The Morgan fingerprint density at radius 2 is 2.25 bits per heavy atom. The van der Waals surface area contributed by atoms with Gasteiger partial charge in [0.2, 0.25) is 0 Å². The number of rotatable bonds is 3. The van der Waals surface area contributed by atoms with Crippen LogP contribution >= 0.6 is 0 Å². The van der Waals surface area contributed by atoms with Crippen LogP contribution in [0.3, 0.4) is 0 Å². The van der Waals surface area contributed by atoms with E-state index in [0.717, 1.165) is 18.1 Å². The van der Waals surface area contributed by atoms with Crippen molar-refractivity contribution < 1.29 is 0 Å². The minimum Gasteiger partial charge on any atom is -0.263 e. The van der Waals surface area contributed by atoms with Crippen LogP contribution in [0.5, 0.6) is 0 Å². The van der Waals surface area contributed by atoms with Gasteiger partial charge in [0.05, 0.1) is 0 Å². The molecule has 1 aromatic heterocycles. The average molecular weight is 213 g/mol. The molecule has 82 valence electrons. The van der Waals surface area contributed by atoms with E-state index in [4.69, 9.17) is 0 Å². The van der Waals surface area contributed by atoms with Gasteiger partial charge < -0.3 is 0 Å². The summed E-state index contributed by atoms with van der Waals surface area (Å²) >= 11 is 0. The lowest BCUT2D eigenvalue weighted by atomic mass is 10.1. The largest absolute Gasteiger partial charge is 0.263 e. The van der Waals surface area contributed by atoms with Gasteiger partial charge >= 0.3 is 0 Å². The number of nitrogens with zero attached hydrogens (tertiary/aromatic N) is 2. The number of hydrogen-bond acceptors (Lipinski definition) is 2. The van der Waals surface area contributed by atoms with Crippen LogP contribution in [0.4, 0.5) is 0 Å².